The van der Waals surface area contributed by atoms with Crippen LogP contribution in [-0.4, -0.2) is 4.92 Å². The molecule has 2 rings (SSSR count). The van der Waals surface area contributed by atoms with Crippen LogP contribution in [-0.2, 0) is 6.54 Å². The number of anilines is 1. The van der Waals surface area contributed by atoms with Crippen molar-refractivity contribution in [3.8, 4) is 0 Å². The third-order valence-corrected chi connectivity index (χ3v) is 3.91. The minimum absolute atomic E-state index is 0.0916. The zero-order chi connectivity index (χ0) is 13.8. The minimum Gasteiger partial charge on any atom is -0.380 e. The Hall–Kier alpha value is -1.15. The van der Waals surface area contributed by atoms with Crippen LogP contribution in [0, 0.1) is 13.7 Å². The lowest BCUT2D eigenvalue weighted by molar-refractivity contribution is -0.385. The molecule has 0 spiro atoms. The van der Waals surface area contributed by atoms with Crippen LogP contribution in [0.15, 0.2) is 46.9 Å². The lowest BCUT2D eigenvalue weighted by Crippen LogP contribution is -2.01. The summed E-state index contributed by atoms with van der Waals surface area (Å²) in [6.45, 7) is 0.542. The second kappa shape index (κ2) is 6.33. The van der Waals surface area contributed by atoms with E-state index in [9.17, 15) is 10.1 Å². The van der Waals surface area contributed by atoms with Gasteiger partial charge in [-0.1, -0.05) is 28.1 Å². The summed E-state index contributed by atoms with van der Waals surface area (Å²) >= 11 is 5.54. The zero-order valence-electron chi connectivity index (χ0n) is 9.77. The van der Waals surface area contributed by atoms with Crippen LogP contribution >= 0.6 is 38.5 Å². The fourth-order valence-corrected chi connectivity index (χ4v) is 2.75. The fraction of sp³-hybridized carbons (Fsp3) is 0.0769. The molecule has 0 heterocycles. The monoisotopic (exact) mass is 432 g/mol. The van der Waals surface area contributed by atoms with E-state index in [1.165, 1.54) is 6.07 Å². The van der Waals surface area contributed by atoms with Crippen LogP contribution in [0.3, 0.4) is 0 Å². The van der Waals surface area contributed by atoms with Gasteiger partial charge in [-0.3, -0.25) is 10.1 Å². The number of rotatable bonds is 4. The maximum atomic E-state index is 10.8. The van der Waals surface area contributed by atoms with Crippen LogP contribution in [0.1, 0.15) is 5.56 Å². The first-order chi connectivity index (χ1) is 9.06. The number of benzene rings is 2. The van der Waals surface area contributed by atoms with Gasteiger partial charge in [0.1, 0.15) is 0 Å². The van der Waals surface area contributed by atoms with Crippen molar-refractivity contribution in [2.24, 2.45) is 0 Å². The van der Waals surface area contributed by atoms with Crippen LogP contribution < -0.4 is 5.32 Å². The number of halogens is 2. The molecule has 0 aliphatic carbocycles. The van der Waals surface area contributed by atoms with E-state index in [-0.39, 0.29) is 10.6 Å². The third kappa shape index (κ3) is 3.90. The highest BCUT2D eigenvalue weighted by atomic mass is 127. The van der Waals surface area contributed by atoms with Crippen molar-refractivity contribution in [2.45, 2.75) is 6.54 Å². The van der Waals surface area contributed by atoms with Gasteiger partial charge in [0.15, 0.2) is 0 Å². The van der Waals surface area contributed by atoms with Crippen molar-refractivity contribution in [3.63, 3.8) is 0 Å². The van der Waals surface area contributed by atoms with Gasteiger partial charge in [-0.15, -0.1) is 0 Å². The third-order valence-electron chi connectivity index (χ3n) is 2.51. The number of hydrogen-bond donors (Lipinski definition) is 1. The molecule has 0 aliphatic rings. The largest absolute Gasteiger partial charge is 0.380 e. The van der Waals surface area contributed by atoms with Crippen molar-refractivity contribution in [1.82, 2.24) is 0 Å². The van der Waals surface area contributed by atoms with E-state index in [2.05, 4.69) is 43.8 Å². The molecule has 0 fully saturated rings. The van der Waals surface area contributed by atoms with Gasteiger partial charge < -0.3 is 5.32 Å². The van der Waals surface area contributed by atoms with Crippen molar-refractivity contribution in [2.75, 3.05) is 5.32 Å². The molecule has 0 unspecified atom stereocenters. The number of hydrogen-bond acceptors (Lipinski definition) is 3. The van der Waals surface area contributed by atoms with E-state index in [4.69, 9.17) is 0 Å². The Morgan fingerprint density at radius 2 is 2.00 bits per heavy atom. The fourth-order valence-electron chi connectivity index (χ4n) is 1.64. The molecule has 0 amide bonds. The first-order valence-corrected chi connectivity index (χ1v) is 7.35. The first kappa shape index (κ1) is 14.3. The van der Waals surface area contributed by atoms with Crippen molar-refractivity contribution >= 4 is 49.9 Å². The van der Waals surface area contributed by atoms with Gasteiger partial charge in [-0.05, 0) is 46.4 Å². The van der Waals surface area contributed by atoms with Gasteiger partial charge in [0, 0.05) is 32.4 Å². The number of nitrogens with one attached hydrogen (secondary N) is 1. The molecule has 0 aliphatic heterocycles. The number of non-ortho nitro benzene ring substituents is 1. The standard InChI is InChI=1S/C13H10BrIN2O2/c14-10-5-9(6-11(7-10)17(18)19)8-16-13-4-2-1-3-12(13)15/h1-7,16H,8H2. The quantitative estimate of drug-likeness (QED) is 0.437. The summed E-state index contributed by atoms with van der Waals surface area (Å²) in [4.78, 5) is 10.4. The zero-order valence-corrected chi connectivity index (χ0v) is 13.5. The SMILES string of the molecule is O=[N+]([O-])c1cc(Br)cc(CNc2ccccc2I)c1. The van der Waals surface area contributed by atoms with Crippen LogP contribution in [0.5, 0.6) is 0 Å². The van der Waals surface area contributed by atoms with Crippen LogP contribution in [0.25, 0.3) is 0 Å². The second-order valence-electron chi connectivity index (χ2n) is 3.91. The molecule has 6 heteroatoms. The van der Waals surface area contributed by atoms with Crippen molar-refractivity contribution in [3.05, 3.63) is 66.2 Å². The maximum Gasteiger partial charge on any atom is 0.270 e. The maximum absolute atomic E-state index is 10.8. The molecule has 4 nitrogen and oxygen atoms in total. The average molecular weight is 433 g/mol. The number of nitro groups is 1. The Morgan fingerprint density at radius 1 is 1.26 bits per heavy atom. The van der Waals surface area contributed by atoms with E-state index in [0.717, 1.165) is 14.8 Å². The highest BCUT2D eigenvalue weighted by Gasteiger charge is 2.08. The van der Waals surface area contributed by atoms with Crippen molar-refractivity contribution < 1.29 is 4.92 Å². The summed E-state index contributed by atoms with van der Waals surface area (Å²) in [5.74, 6) is 0. The summed E-state index contributed by atoms with van der Waals surface area (Å²) in [5.41, 5.74) is 1.97. The van der Waals surface area contributed by atoms with Crippen LogP contribution in [0.4, 0.5) is 11.4 Å². The Balaban J connectivity index is 2.16. The van der Waals surface area contributed by atoms with Gasteiger partial charge in [0.25, 0.3) is 5.69 Å². The topological polar surface area (TPSA) is 55.2 Å². The van der Waals surface area contributed by atoms with Gasteiger partial charge >= 0.3 is 0 Å². The average Bonchev–Trinajstić information content (AvgIpc) is 2.37. The molecule has 0 atom stereocenters. The summed E-state index contributed by atoms with van der Waals surface area (Å²) in [6, 6.07) is 12.9. The van der Waals surface area contributed by atoms with E-state index in [1.54, 1.807) is 6.07 Å². The normalized spacial score (nSPS) is 10.2. The molecule has 0 radical (unpaired) electrons. The number of nitro benzene ring substituents is 1. The lowest BCUT2D eigenvalue weighted by atomic mass is 10.2. The minimum atomic E-state index is -0.388. The number of para-hydroxylation sites is 1. The summed E-state index contributed by atoms with van der Waals surface area (Å²) in [6.07, 6.45) is 0. The Labute approximate surface area is 132 Å². The highest BCUT2D eigenvalue weighted by molar-refractivity contribution is 14.1. The van der Waals surface area contributed by atoms with E-state index >= 15 is 0 Å². The molecule has 98 valence electrons. The number of nitrogens with zero attached hydrogens (tertiary/aromatic N) is 1. The van der Waals surface area contributed by atoms with Crippen molar-refractivity contribution in [1.29, 1.82) is 0 Å². The molecule has 0 bridgehead atoms. The predicted molar refractivity (Wildman–Crippen MR) is 87.3 cm³/mol. The van der Waals surface area contributed by atoms with Gasteiger partial charge in [-0.25, -0.2) is 0 Å². The summed E-state index contributed by atoms with van der Waals surface area (Å²) < 4.78 is 1.82. The molecular weight excluding hydrogens is 423 g/mol. The molecule has 0 saturated heterocycles. The molecule has 2 aromatic rings. The van der Waals surface area contributed by atoms with E-state index < -0.39 is 0 Å². The first-order valence-electron chi connectivity index (χ1n) is 5.48. The molecule has 2 aromatic carbocycles. The Morgan fingerprint density at radius 3 is 2.68 bits per heavy atom. The highest BCUT2D eigenvalue weighted by Crippen LogP contribution is 2.23. The van der Waals surface area contributed by atoms with Gasteiger partial charge in [0.05, 0.1) is 4.92 Å². The smallest absolute Gasteiger partial charge is 0.270 e. The van der Waals surface area contributed by atoms with Gasteiger partial charge in [-0.2, -0.15) is 0 Å². The molecule has 0 saturated carbocycles. The molecule has 1 N–H and O–H groups in total. The summed E-state index contributed by atoms with van der Waals surface area (Å²) in [7, 11) is 0. The van der Waals surface area contributed by atoms with Crippen LogP contribution in [0.2, 0.25) is 0 Å². The molecule has 19 heavy (non-hydrogen) atoms. The lowest BCUT2D eigenvalue weighted by Gasteiger charge is -2.08. The predicted octanol–water partition coefficient (Wildman–Crippen LogP) is 4.57. The summed E-state index contributed by atoms with van der Waals surface area (Å²) in [5, 5.41) is 14.1. The molecule has 0 aromatic heterocycles. The van der Waals surface area contributed by atoms with E-state index in [0.29, 0.717) is 11.0 Å². The molecular formula is C13H10BrIN2O2. The Kier molecular flexibility index (Phi) is 4.76. The van der Waals surface area contributed by atoms with E-state index in [1.807, 2.05) is 30.3 Å². The Bertz CT molecular complexity index is 619. The second-order valence-corrected chi connectivity index (χ2v) is 5.99. The van der Waals surface area contributed by atoms with Gasteiger partial charge in [0.2, 0.25) is 0 Å².